The van der Waals surface area contributed by atoms with Gasteiger partial charge in [-0.2, -0.15) is 0 Å². The first kappa shape index (κ1) is 13.7. The minimum Gasteiger partial charge on any atom is -0.466 e. The lowest BCUT2D eigenvalue weighted by Crippen LogP contribution is -2.07. The summed E-state index contributed by atoms with van der Waals surface area (Å²) in [7, 11) is 1.31. The summed E-state index contributed by atoms with van der Waals surface area (Å²) in [5, 5.41) is 0. The number of carbonyl (C=O) groups excluding carboxylic acids is 2. The molecule has 0 bridgehead atoms. The van der Waals surface area contributed by atoms with Crippen molar-refractivity contribution in [2.45, 2.75) is 6.92 Å². The lowest BCUT2D eigenvalue weighted by molar-refractivity contribution is -0.134. The summed E-state index contributed by atoms with van der Waals surface area (Å²) < 4.78 is 9.49. The number of hydrogen-bond acceptors (Lipinski definition) is 4. The molecule has 0 heterocycles. The molecule has 0 aromatic heterocycles. The fraction of sp³-hybridized carbons (Fsp3) is 0.143. The topological polar surface area (TPSA) is 52.6 Å². The van der Waals surface area contributed by atoms with E-state index in [0.717, 1.165) is 5.56 Å². The molecule has 0 radical (unpaired) electrons. The molecule has 1 rings (SSSR count). The van der Waals surface area contributed by atoms with Gasteiger partial charge in [-0.25, -0.2) is 9.59 Å². The molecule has 0 amide bonds. The number of benzene rings is 1. The Morgan fingerprint density at radius 1 is 1.22 bits per heavy atom. The minimum absolute atomic E-state index is 0.338. The number of rotatable bonds is 4. The van der Waals surface area contributed by atoms with Crippen LogP contribution in [0.4, 0.5) is 0 Å². The maximum atomic E-state index is 11.3. The summed E-state index contributed by atoms with van der Waals surface area (Å²) in [6, 6.07) is 6.72. The molecule has 94 valence electrons. The van der Waals surface area contributed by atoms with Crippen LogP contribution in [0, 0.1) is 0 Å². The van der Waals surface area contributed by atoms with Crippen LogP contribution < -0.4 is 4.74 Å². The van der Waals surface area contributed by atoms with Crippen molar-refractivity contribution in [1.82, 2.24) is 0 Å². The maximum Gasteiger partial charge on any atom is 0.338 e. The van der Waals surface area contributed by atoms with E-state index in [1.165, 1.54) is 13.2 Å². The lowest BCUT2D eigenvalue weighted by Gasteiger charge is -2.03. The molecule has 0 saturated heterocycles. The predicted octanol–water partition coefficient (Wildman–Crippen LogP) is 2.35. The van der Waals surface area contributed by atoms with Gasteiger partial charge in [0, 0.05) is 11.6 Å². The number of methoxy groups -OCH3 is 1. The molecular weight excluding hydrogens is 232 g/mol. The van der Waals surface area contributed by atoms with E-state index in [1.807, 2.05) is 0 Å². The summed E-state index contributed by atoms with van der Waals surface area (Å²) in [5.74, 6) is -0.459. The molecule has 0 fully saturated rings. The minimum atomic E-state index is -0.465. The van der Waals surface area contributed by atoms with E-state index in [2.05, 4.69) is 11.3 Å². The van der Waals surface area contributed by atoms with Crippen LogP contribution >= 0.6 is 0 Å². The second-order valence-electron chi connectivity index (χ2n) is 3.60. The normalized spacial score (nSPS) is 10.1. The fourth-order valence-electron chi connectivity index (χ4n) is 1.07. The first-order valence-corrected chi connectivity index (χ1v) is 5.26. The largest absolute Gasteiger partial charge is 0.466 e. The molecule has 4 heteroatoms. The van der Waals surface area contributed by atoms with Crippen molar-refractivity contribution in [2.75, 3.05) is 7.11 Å². The summed E-state index contributed by atoms with van der Waals surface area (Å²) >= 11 is 0. The van der Waals surface area contributed by atoms with Crippen molar-refractivity contribution in [1.29, 1.82) is 0 Å². The van der Waals surface area contributed by atoms with E-state index in [0.29, 0.717) is 11.3 Å². The van der Waals surface area contributed by atoms with Crippen molar-refractivity contribution >= 4 is 18.0 Å². The van der Waals surface area contributed by atoms with Crippen molar-refractivity contribution in [3.05, 3.63) is 48.1 Å². The Bertz CT molecular complexity index is 483. The Kier molecular flexibility index (Phi) is 4.87. The van der Waals surface area contributed by atoms with Crippen LogP contribution in [-0.2, 0) is 14.3 Å². The van der Waals surface area contributed by atoms with Gasteiger partial charge in [0.05, 0.1) is 7.11 Å². The second-order valence-corrected chi connectivity index (χ2v) is 3.60. The van der Waals surface area contributed by atoms with Crippen LogP contribution in [0.25, 0.3) is 6.08 Å². The Labute approximate surface area is 106 Å². The molecule has 0 saturated carbocycles. The SMILES string of the molecule is C=C(C)C(=O)Oc1ccc(/C=C/C(=O)OC)cc1. The maximum absolute atomic E-state index is 11.3. The molecule has 0 atom stereocenters. The van der Waals surface area contributed by atoms with Gasteiger partial charge >= 0.3 is 11.9 Å². The van der Waals surface area contributed by atoms with Gasteiger partial charge < -0.3 is 9.47 Å². The highest BCUT2D eigenvalue weighted by molar-refractivity contribution is 5.89. The van der Waals surface area contributed by atoms with E-state index < -0.39 is 11.9 Å². The van der Waals surface area contributed by atoms with Crippen LogP contribution in [0.1, 0.15) is 12.5 Å². The third kappa shape index (κ3) is 4.25. The van der Waals surface area contributed by atoms with Gasteiger partial charge in [0.2, 0.25) is 0 Å². The molecular formula is C14H14O4. The summed E-state index contributed by atoms with van der Waals surface area (Å²) in [5.41, 5.74) is 1.14. The average molecular weight is 246 g/mol. The molecule has 0 unspecified atom stereocenters. The monoisotopic (exact) mass is 246 g/mol. The van der Waals surface area contributed by atoms with Crippen molar-refractivity contribution < 1.29 is 19.1 Å². The van der Waals surface area contributed by atoms with Gasteiger partial charge in [0.1, 0.15) is 5.75 Å². The number of ether oxygens (including phenoxy) is 2. The Morgan fingerprint density at radius 3 is 2.33 bits per heavy atom. The summed E-state index contributed by atoms with van der Waals surface area (Å²) in [6.07, 6.45) is 2.92. The van der Waals surface area contributed by atoms with E-state index >= 15 is 0 Å². The van der Waals surface area contributed by atoms with Gasteiger partial charge in [0.25, 0.3) is 0 Å². The zero-order valence-electron chi connectivity index (χ0n) is 10.3. The van der Waals surface area contributed by atoms with E-state index in [1.54, 1.807) is 37.3 Å². The quantitative estimate of drug-likeness (QED) is 0.465. The molecule has 1 aromatic carbocycles. The van der Waals surface area contributed by atoms with Gasteiger partial charge in [-0.3, -0.25) is 0 Å². The average Bonchev–Trinajstić information content (AvgIpc) is 2.37. The predicted molar refractivity (Wildman–Crippen MR) is 67.9 cm³/mol. The van der Waals surface area contributed by atoms with Crippen molar-refractivity contribution in [3.63, 3.8) is 0 Å². The zero-order valence-corrected chi connectivity index (χ0v) is 10.3. The number of hydrogen-bond donors (Lipinski definition) is 0. The first-order chi connectivity index (χ1) is 8.52. The number of esters is 2. The molecule has 0 aliphatic rings. The third-order valence-electron chi connectivity index (χ3n) is 2.05. The third-order valence-corrected chi connectivity index (χ3v) is 2.05. The van der Waals surface area contributed by atoms with E-state index in [4.69, 9.17) is 4.74 Å². The highest BCUT2D eigenvalue weighted by Gasteiger charge is 2.04. The van der Waals surface area contributed by atoms with E-state index in [-0.39, 0.29) is 0 Å². The van der Waals surface area contributed by atoms with Crippen molar-refractivity contribution in [3.8, 4) is 5.75 Å². The van der Waals surface area contributed by atoms with Crippen molar-refractivity contribution in [2.24, 2.45) is 0 Å². The Balaban J connectivity index is 2.68. The second kappa shape index (κ2) is 6.39. The van der Waals surface area contributed by atoms with Crippen LogP contribution in [0.15, 0.2) is 42.5 Å². The van der Waals surface area contributed by atoms with Crippen LogP contribution in [0.5, 0.6) is 5.75 Å². The lowest BCUT2D eigenvalue weighted by atomic mass is 10.2. The molecule has 0 aliphatic carbocycles. The molecule has 0 spiro atoms. The van der Waals surface area contributed by atoms with Gasteiger partial charge in [-0.15, -0.1) is 0 Å². The molecule has 0 N–H and O–H groups in total. The number of carbonyl (C=O) groups is 2. The molecule has 18 heavy (non-hydrogen) atoms. The summed E-state index contributed by atoms with van der Waals surface area (Å²) in [6.45, 7) is 5.07. The van der Waals surface area contributed by atoms with Crippen LogP contribution in [0.2, 0.25) is 0 Å². The van der Waals surface area contributed by atoms with Gasteiger partial charge in [-0.1, -0.05) is 18.7 Å². The zero-order chi connectivity index (χ0) is 13.5. The van der Waals surface area contributed by atoms with Crippen LogP contribution in [0.3, 0.4) is 0 Å². The van der Waals surface area contributed by atoms with Crippen LogP contribution in [-0.4, -0.2) is 19.0 Å². The summed E-state index contributed by atoms with van der Waals surface area (Å²) in [4.78, 5) is 22.1. The fourth-order valence-corrected chi connectivity index (χ4v) is 1.07. The highest BCUT2D eigenvalue weighted by Crippen LogP contribution is 2.14. The van der Waals surface area contributed by atoms with Gasteiger partial charge in [-0.05, 0) is 30.7 Å². The highest BCUT2D eigenvalue weighted by atomic mass is 16.5. The molecule has 0 aliphatic heterocycles. The van der Waals surface area contributed by atoms with Gasteiger partial charge in [0.15, 0.2) is 0 Å². The molecule has 4 nitrogen and oxygen atoms in total. The smallest absolute Gasteiger partial charge is 0.338 e. The Hall–Kier alpha value is -2.36. The standard InChI is InChI=1S/C14H14O4/c1-10(2)14(16)18-12-7-4-11(5-8-12)6-9-13(15)17-3/h4-9H,1H2,2-3H3/b9-6+. The first-order valence-electron chi connectivity index (χ1n) is 5.26. The van der Waals surface area contributed by atoms with E-state index in [9.17, 15) is 9.59 Å². The molecule has 1 aromatic rings. The Morgan fingerprint density at radius 2 is 1.83 bits per heavy atom.